The average molecular weight is 378 g/mol. The van der Waals surface area contributed by atoms with E-state index < -0.39 is 0 Å². The maximum atomic E-state index is 12.4. The first-order valence-corrected chi connectivity index (χ1v) is 9.17. The van der Waals surface area contributed by atoms with Gasteiger partial charge < -0.3 is 14.5 Å². The SMILES string of the molecule is CCCc1nc2c(c(=O)[nH]1)CN(Cc1cc(Cl)c(OC)c(OC)c1)CC2. The van der Waals surface area contributed by atoms with Crippen LogP contribution < -0.4 is 15.0 Å². The van der Waals surface area contributed by atoms with Crippen molar-refractivity contribution in [2.24, 2.45) is 0 Å². The molecule has 1 aromatic heterocycles. The summed E-state index contributed by atoms with van der Waals surface area (Å²) in [5.41, 5.74) is 2.69. The van der Waals surface area contributed by atoms with Crippen molar-refractivity contribution in [1.29, 1.82) is 0 Å². The van der Waals surface area contributed by atoms with Crippen LogP contribution in [0, 0.1) is 0 Å². The summed E-state index contributed by atoms with van der Waals surface area (Å²) in [6.45, 7) is 4.18. The molecule has 6 nitrogen and oxygen atoms in total. The molecule has 0 bridgehead atoms. The van der Waals surface area contributed by atoms with E-state index in [4.69, 9.17) is 21.1 Å². The van der Waals surface area contributed by atoms with E-state index in [2.05, 4.69) is 21.8 Å². The number of hydrogen-bond donors (Lipinski definition) is 1. The minimum Gasteiger partial charge on any atom is -0.493 e. The number of aromatic nitrogens is 2. The second kappa shape index (κ2) is 8.10. The highest BCUT2D eigenvalue weighted by Gasteiger charge is 2.22. The Labute approximate surface area is 158 Å². The molecular formula is C19H24ClN3O3. The number of fused-ring (bicyclic) bond motifs is 1. The molecule has 0 spiro atoms. The van der Waals surface area contributed by atoms with E-state index >= 15 is 0 Å². The molecule has 140 valence electrons. The van der Waals surface area contributed by atoms with Gasteiger partial charge in [0.1, 0.15) is 5.82 Å². The van der Waals surface area contributed by atoms with Gasteiger partial charge in [0.25, 0.3) is 5.56 Å². The molecule has 0 saturated heterocycles. The minimum absolute atomic E-state index is 0.0199. The maximum absolute atomic E-state index is 12.4. The second-order valence-electron chi connectivity index (χ2n) is 6.46. The van der Waals surface area contributed by atoms with Crippen LogP contribution in [0.3, 0.4) is 0 Å². The second-order valence-corrected chi connectivity index (χ2v) is 6.87. The van der Waals surface area contributed by atoms with Gasteiger partial charge in [-0.05, 0) is 24.1 Å². The lowest BCUT2D eigenvalue weighted by Crippen LogP contribution is -2.35. The molecule has 2 aromatic rings. The van der Waals surface area contributed by atoms with Crippen LogP contribution in [0.25, 0.3) is 0 Å². The molecule has 0 atom stereocenters. The van der Waals surface area contributed by atoms with Crippen LogP contribution in [0.4, 0.5) is 0 Å². The predicted octanol–water partition coefficient (Wildman–Crippen LogP) is 2.95. The van der Waals surface area contributed by atoms with Crippen molar-refractivity contribution in [3.8, 4) is 11.5 Å². The molecule has 0 saturated carbocycles. The summed E-state index contributed by atoms with van der Waals surface area (Å²) < 4.78 is 10.6. The number of ether oxygens (including phenoxy) is 2. The summed E-state index contributed by atoms with van der Waals surface area (Å²) >= 11 is 6.30. The van der Waals surface area contributed by atoms with Crippen molar-refractivity contribution in [2.45, 2.75) is 39.3 Å². The summed E-state index contributed by atoms with van der Waals surface area (Å²) in [4.78, 5) is 22.2. The Morgan fingerprint density at radius 3 is 2.81 bits per heavy atom. The highest BCUT2D eigenvalue weighted by atomic mass is 35.5. The Morgan fingerprint density at radius 1 is 1.31 bits per heavy atom. The molecule has 0 amide bonds. The van der Waals surface area contributed by atoms with Gasteiger partial charge in [0.15, 0.2) is 11.5 Å². The van der Waals surface area contributed by atoms with Crippen molar-refractivity contribution in [1.82, 2.24) is 14.9 Å². The lowest BCUT2D eigenvalue weighted by molar-refractivity contribution is 0.241. The van der Waals surface area contributed by atoms with Crippen molar-refractivity contribution in [3.63, 3.8) is 0 Å². The number of benzene rings is 1. The maximum Gasteiger partial charge on any atom is 0.255 e. The van der Waals surface area contributed by atoms with Gasteiger partial charge in [0, 0.05) is 32.5 Å². The highest BCUT2D eigenvalue weighted by molar-refractivity contribution is 6.32. The molecule has 0 unspecified atom stereocenters. The van der Waals surface area contributed by atoms with E-state index in [9.17, 15) is 4.79 Å². The Hall–Kier alpha value is -2.05. The molecular weight excluding hydrogens is 354 g/mol. The number of halogens is 1. The van der Waals surface area contributed by atoms with E-state index in [1.807, 2.05) is 12.1 Å². The third-order valence-corrected chi connectivity index (χ3v) is 4.86. The molecule has 1 aliphatic rings. The Bertz CT molecular complexity index is 851. The van der Waals surface area contributed by atoms with E-state index in [0.717, 1.165) is 48.5 Å². The lowest BCUT2D eigenvalue weighted by atomic mass is 10.1. The number of methoxy groups -OCH3 is 2. The van der Waals surface area contributed by atoms with Crippen LogP contribution in [0.15, 0.2) is 16.9 Å². The fraction of sp³-hybridized carbons (Fsp3) is 0.474. The molecule has 1 aromatic carbocycles. The first kappa shape index (κ1) is 18.7. The lowest BCUT2D eigenvalue weighted by Gasteiger charge is -2.28. The van der Waals surface area contributed by atoms with Crippen molar-refractivity contribution < 1.29 is 9.47 Å². The number of rotatable bonds is 6. The Morgan fingerprint density at radius 2 is 2.12 bits per heavy atom. The Kier molecular flexibility index (Phi) is 5.84. The summed E-state index contributed by atoms with van der Waals surface area (Å²) in [6.07, 6.45) is 2.54. The van der Waals surface area contributed by atoms with E-state index in [1.54, 1.807) is 14.2 Å². The van der Waals surface area contributed by atoms with Crippen LogP contribution in [-0.2, 0) is 25.9 Å². The largest absolute Gasteiger partial charge is 0.493 e. The summed E-state index contributed by atoms with van der Waals surface area (Å²) in [6, 6.07) is 3.80. The smallest absolute Gasteiger partial charge is 0.255 e. The number of aromatic amines is 1. The third kappa shape index (κ3) is 3.86. The van der Waals surface area contributed by atoms with Crippen molar-refractivity contribution in [3.05, 3.63) is 50.2 Å². The first-order chi connectivity index (χ1) is 12.5. The van der Waals surface area contributed by atoms with Crippen molar-refractivity contribution >= 4 is 11.6 Å². The molecule has 0 radical (unpaired) electrons. The topological polar surface area (TPSA) is 67.5 Å². The zero-order chi connectivity index (χ0) is 18.7. The van der Waals surface area contributed by atoms with Crippen molar-refractivity contribution in [2.75, 3.05) is 20.8 Å². The molecule has 3 rings (SSSR count). The van der Waals surface area contributed by atoms with Gasteiger partial charge >= 0.3 is 0 Å². The fourth-order valence-electron chi connectivity index (χ4n) is 3.34. The average Bonchev–Trinajstić information content (AvgIpc) is 2.62. The third-order valence-electron chi connectivity index (χ3n) is 4.58. The van der Waals surface area contributed by atoms with Gasteiger partial charge in [-0.2, -0.15) is 0 Å². The quantitative estimate of drug-likeness (QED) is 0.838. The molecule has 2 heterocycles. The monoisotopic (exact) mass is 377 g/mol. The van der Waals surface area contributed by atoms with Crippen LogP contribution >= 0.6 is 11.6 Å². The zero-order valence-electron chi connectivity index (χ0n) is 15.4. The van der Waals surface area contributed by atoms with Gasteiger partial charge in [-0.25, -0.2) is 4.98 Å². The van der Waals surface area contributed by atoms with Gasteiger partial charge in [-0.3, -0.25) is 9.69 Å². The van der Waals surface area contributed by atoms with Gasteiger partial charge in [0.2, 0.25) is 0 Å². The number of nitrogens with one attached hydrogen (secondary N) is 1. The highest BCUT2D eigenvalue weighted by Crippen LogP contribution is 2.36. The van der Waals surface area contributed by atoms with Gasteiger partial charge in [-0.1, -0.05) is 18.5 Å². The Balaban J connectivity index is 1.80. The summed E-state index contributed by atoms with van der Waals surface area (Å²) in [5.74, 6) is 1.93. The fourth-order valence-corrected chi connectivity index (χ4v) is 3.65. The molecule has 1 aliphatic heterocycles. The first-order valence-electron chi connectivity index (χ1n) is 8.79. The van der Waals surface area contributed by atoms with E-state index in [0.29, 0.717) is 29.6 Å². The molecule has 26 heavy (non-hydrogen) atoms. The molecule has 0 fully saturated rings. The van der Waals surface area contributed by atoms with Crippen LogP contribution in [0.2, 0.25) is 5.02 Å². The molecule has 0 aliphatic carbocycles. The van der Waals surface area contributed by atoms with Crippen LogP contribution in [-0.4, -0.2) is 35.6 Å². The van der Waals surface area contributed by atoms with Gasteiger partial charge in [-0.15, -0.1) is 0 Å². The summed E-state index contributed by atoms with van der Waals surface area (Å²) in [7, 11) is 3.16. The van der Waals surface area contributed by atoms with E-state index in [-0.39, 0.29) is 5.56 Å². The molecule has 7 heteroatoms. The number of aryl methyl sites for hydroxylation is 1. The number of nitrogens with zero attached hydrogens (tertiary/aromatic N) is 2. The predicted molar refractivity (Wildman–Crippen MR) is 101 cm³/mol. The van der Waals surface area contributed by atoms with Gasteiger partial charge in [0.05, 0.1) is 30.5 Å². The standard InChI is InChI=1S/C19H24ClN3O3/c1-4-5-17-21-15-6-7-23(11-13(15)19(24)22-17)10-12-8-14(20)18(26-3)16(9-12)25-2/h8-9H,4-7,10-11H2,1-3H3,(H,21,22,24). The minimum atomic E-state index is -0.0199. The number of hydrogen-bond acceptors (Lipinski definition) is 5. The zero-order valence-corrected chi connectivity index (χ0v) is 16.2. The summed E-state index contributed by atoms with van der Waals surface area (Å²) in [5, 5.41) is 0.517. The van der Waals surface area contributed by atoms with E-state index in [1.165, 1.54) is 0 Å². The van der Waals surface area contributed by atoms with Crippen LogP contribution in [0.1, 0.15) is 36.0 Å². The normalized spacial score (nSPS) is 14.2. The number of H-pyrrole nitrogens is 1. The molecule has 1 N–H and O–H groups in total. The van der Waals surface area contributed by atoms with Crippen LogP contribution in [0.5, 0.6) is 11.5 Å².